The molecule has 0 saturated heterocycles. The van der Waals surface area contributed by atoms with Crippen molar-refractivity contribution in [3.8, 4) is 5.69 Å². The van der Waals surface area contributed by atoms with E-state index in [1.54, 1.807) is 42.2 Å². The monoisotopic (exact) mass is 565 g/mol. The summed E-state index contributed by atoms with van der Waals surface area (Å²) in [4.78, 5) is 18.7. The molecule has 0 bridgehead atoms. The normalized spacial score (nSPS) is 20.7. The number of carbonyl (C=O) groups is 1. The summed E-state index contributed by atoms with van der Waals surface area (Å²) in [7, 11) is -1.92. The van der Waals surface area contributed by atoms with Gasteiger partial charge in [0.25, 0.3) is 0 Å². The van der Waals surface area contributed by atoms with Gasteiger partial charge in [-0.2, -0.15) is 10.2 Å². The molecule has 2 atom stereocenters. The molecular weight excluding hydrogens is 541 g/mol. The van der Waals surface area contributed by atoms with Crippen LogP contribution in [0.5, 0.6) is 0 Å². The van der Waals surface area contributed by atoms with Gasteiger partial charge in [0, 0.05) is 24.5 Å². The fourth-order valence-electron chi connectivity index (χ4n) is 5.88. The van der Waals surface area contributed by atoms with Gasteiger partial charge in [0.2, 0.25) is 0 Å². The van der Waals surface area contributed by atoms with Gasteiger partial charge < -0.3 is 0 Å². The van der Waals surface area contributed by atoms with Gasteiger partial charge in [0.05, 0.1) is 34.9 Å². The Balaban J connectivity index is 1.40. The Labute approximate surface area is 230 Å². The molecule has 0 spiro atoms. The van der Waals surface area contributed by atoms with E-state index in [1.165, 1.54) is 35.4 Å². The highest BCUT2D eigenvalue weighted by molar-refractivity contribution is 7.91. The molecule has 39 heavy (non-hydrogen) atoms. The van der Waals surface area contributed by atoms with Crippen molar-refractivity contribution in [2.45, 2.75) is 30.6 Å². The highest BCUT2D eigenvalue weighted by atomic mass is 35.5. The Morgan fingerprint density at radius 3 is 2.69 bits per heavy atom. The number of aromatic nitrogens is 5. The SMILES string of the molecule is Cn1cc(S(=O)(=O)C[C@H]2CCC3=Cc4c(cnn4-c4ccc(F)cc4)C[C@]3(C(=O)c3cc(Cl)ccn3)C2)cn1. The summed E-state index contributed by atoms with van der Waals surface area (Å²) in [5.41, 5.74) is 2.59. The van der Waals surface area contributed by atoms with Crippen LogP contribution in [-0.2, 0) is 23.3 Å². The first-order chi connectivity index (χ1) is 18.6. The zero-order valence-corrected chi connectivity index (χ0v) is 22.7. The van der Waals surface area contributed by atoms with E-state index >= 15 is 0 Å². The Hall–Kier alpha value is -3.63. The third-order valence-electron chi connectivity index (χ3n) is 7.72. The molecule has 0 radical (unpaired) electrons. The molecule has 6 rings (SSSR count). The number of carbonyl (C=O) groups excluding carboxylic acids is 1. The van der Waals surface area contributed by atoms with E-state index in [2.05, 4.69) is 15.2 Å². The lowest BCUT2D eigenvalue weighted by Gasteiger charge is -2.43. The van der Waals surface area contributed by atoms with Crippen LogP contribution in [0.1, 0.15) is 41.0 Å². The van der Waals surface area contributed by atoms with Crippen molar-refractivity contribution in [1.29, 1.82) is 0 Å². The molecule has 0 amide bonds. The molecule has 2 aliphatic carbocycles. The maximum atomic E-state index is 14.2. The average molecular weight is 566 g/mol. The summed E-state index contributed by atoms with van der Waals surface area (Å²) in [5.74, 6) is -0.841. The summed E-state index contributed by atoms with van der Waals surface area (Å²) in [6, 6.07) is 9.25. The summed E-state index contributed by atoms with van der Waals surface area (Å²) < 4.78 is 43.2. The van der Waals surface area contributed by atoms with Crippen molar-refractivity contribution in [1.82, 2.24) is 24.5 Å². The largest absolute Gasteiger partial charge is 0.291 e. The van der Waals surface area contributed by atoms with E-state index in [-0.39, 0.29) is 33.9 Å². The van der Waals surface area contributed by atoms with Gasteiger partial charge in [-0.3, -0.25) is 14.5 Å². The second kappa shape index (κ2) is 9.53. The number of fused-ring (bicyclic) bond motifs is 2. The topological polar surface area (TPSA) is 99.7 Å². The van der Waals surface area contributed by atoms with Crippen molar-refractivity contribution >= 4 is 33.3 Å². The third kappa shape index (κ3) is 4.61. The van der Waals surface area contributed by atoms with Crippen LogP contribution in [0.15, 0.2) is 71.7 Å². The lowest BCUT2D eigenvalue weighted by atomic mass is 9.59. The first kappa shape index (κ1) is 25.6. The quantitative estimate of drug-likeness (QED) is 0.309. The van der Waals surface area contributed by atoms with Crippen LogP contribution in [0, 0.1) is 17.2 Å². The number of aryl methyl sites for hydroxylation is 1. The smallest absolute Gasteiger partial charge is 0.191 e. The predicted octanol–water partition coefficient (Wildman–Crippen LogP) is 4.88. The number of halogens is 2. The van der Waals surface area contributed by atoms with Gasteiger partial charge in [0.1, 0.15) is 16.4 Å². The van der Waals surface area contributed by atoms with Crippen molar-refractivity contribution in [2.75, 3.05) is 5.75 Å². The first-order valence-electron chi connectivity index (χ1n) is 12.6. The number of ketones is 1. The standard InChI is InChI=1S/C28H25ClFN5O3S/c1-34-16-24(15-32-34)39(37,38)17-18-2-3-20-10-26-19(14-33-35(26)23-6-4-22(30)5-7-23)13-28(20,12-18)27(36)25-11-21(29)8-9-31-25/h4-11,14-16,18H,2-3,12-13,17H2,1H3/t18-,28+/m0/s1. The second-order valence-electron chi connectivity index (χ2n) is 10.3. The minimum atomic E-state index is -3.59. The number of Topliss-reactive ketones (excluding diaryl/α,β-unsaturated/α-hetero) is 1. The van der Waals surface area contributed by atoms with Crippen molar-refractivity contribution < 1.29 is 17.6 Å². The van der Waals surface area contributed by atoms with Gasteiger partial charge in [0.15, 0.2) is 15.6 Å². The molecule has 1 fully saturated rings. The van der Waals surface area contributed by atoms with Crippen LogP contribution in [0.2, 0.25) is 5.02 Å². The van der Waals surface area contributed by atoms with E-state index in [4.69, 9.17) is 11.6 Å². The van der Waals surface area contributed by atoms with Crippen LogP contribution in [0.25, 0.3) is 11.8 Å². The first-order valence-corrected chi connectivity index (χ1v) is 14.6. The fourth-order valence-corrected chi connectivity index (χ4v) is 7.66. The molecule has 1 saturated carbocycles. The number of benzene rings is 1. The second-order valence-corrected chi connectivity index (χ2v) is 12.8. The molecule has 3 aromatic heterocycles. The van der Waals surface area contributed by atoms with Crippen LogP contribution in [0.4, 0.5) is 4.39 Å². The van der Waals surface area contributed by atoms with Crippen molar-refractivity contribution in [3.05, 3.63) is 94.5 Å². The van der Waals surface area contributed by atoms with Crippen LogP contribution in [0.3, 0.4) is 0 Å². The zero-order chi connectivity index (χ0) is 27.4. The number of hydrogen-bond donors (Lipinski definition) is 0. The molecule has 4 aromatic rings. The highest BCUT2D eigenvalue weighted by Gasteiger charge is 2.50. The van der Waals surface area contributed by atoms with Crippen LogP contribution < -0.4 is 0 Å². The minimum absolute atomic E-state index is 0.0777. The van der Waals surface area contributed by atoms with E-state index in [1.807, 2.05) is 6.08 Å². The molecule has 0 unspecified atom stereocenters. The van der Waals surface area contributed by atoms with Gasteiger partial charge >= 0.3 is 0 Å². The molecule has 11 heteroatoms. The van der Waals surface area contributed by atoms with Crippen molar-refractivity contribution in [3.63, 3.8) is 0 Å². The predicted molar refractivity (Wildman–Crippen MR) is 144 cm³/mol. The van der Waals surface area contributed by atoms with Gasteiger partial charge in [-0.25, -0.2) is 17.5 Å². The summed E-state index contributed by atoms with van der Waals surface area (Å²) in [5, 5.41) is 8.97. The third-order valence-corrected chi connectivity index (χ3v) is 9.79. The summed E-state index contributed by atoms with van der Waals surface area (Å²) >= 11 is 6.22. The number of pyridine rings is 1. The molecule has 0 aliphatic heterocycles. The van der Waals surface area contributed by atoms with Crippen LogP contribution >= 0.6 is 11.6 Å². The van der Waals surface area contributed by atoms with Crippen molar-refractivity contribution in [2.24, 2.45) is 18.4 Å². The number of allylic oxidation sites excluding steroid dienone is 1. The Morgan fingerprint density at radius 1 is 1.18 bits per heavy atom. The zero-order valence-electron chi connectivity index (χ0n) is 21.1. The number of rotatable bonds is 6. The maximum Gasteiger partial charge on any atom is 0.191 e. The molecule has 3 heterocycles. The van der Waals surface area contributed by atoms with E-state index < -0.39 is 15.3 Å². The molecule has 2 aliphatic rings. The van der Waals surface area contributed by atoms with Crippen LogP contribution in [-0.4, -0.2) is 44.5 Å². The number of hydrogen-bond acceptors (Lipinski definition) is 6. The molecule has 8 nitrogen and oxygen atoms in total. The Bertz CT molecular complexity index is 1730. The fraction of sp³-hybridized carbons (Fsp3) is 0.286. The molecule has 200 valence electrons. The minimum Gasteiger partial charge on any atom is -0.291 e. The highest BCUT2D eigenvalue weighted by Crippen LogP contribution is 2.52. The Morgan fingerprint density at radius 2 is 1.97 bits per heavy atom. The lowest BCUT2D eigenvalue weighted by molar-refractivity contribution is 0.0763. The van der Waals surface area contributed by atoms with Gasteiger partial charge in [-0.1, -0.05) is 17.2 Å². The Kier molecular flexibility index (Phi) is 6.27. The lowest BCUT2D eigenvalue weighted by Crippen LogP contribution is -2.43. The number of nitrogens with zero attached hydrogens (tertiary/aromatic N) is 5. The number of sulfone groups is 1. The molecule has 1 aromatic carbocycles. The average Bonchev–Trinajstić information content (AvgIpc) is 3.53. The van der Waals surface area contributed by atoms with Gasteiger partial charge in [-0.05, 0) is 79.6 Å². The summed E-state index contributed by atoms with van der Waals surface area (Å²) in [6.45, 7) is 0. The maximum absolute atomic E-state index is 14.2. The molecular formula is C28H25ClFN5O3S. The summed E-state index contributed by atoms with van der Waals surface area (Å²) in [6.07, 6.45) is 9.94. The van der Waals surface area contributed by atoms with E-state index in [0.717, 1.165) is 16.8 Å². The molecule has 0 N–H and O–H groups in total. The van der Waals surface area contributed by atoms with E-state index in [0.29, 0.717) is 36.4 Å². The van der Waals surface area contributed by atoms with Gasteiger partial charge in [-0.15, -0.1) is 0 Å². The van der Waals surface area contributed by atoms with E-state index in [9.17, 15) is 17.6 Å².